The Morgan fingerprint density at radius 3 is 2.86 bits per heavy atom. The van der Waals surface area contributed by atoms with Gasteiger partial charge < -0.3 is 5.11 Å². The van der Waals surface area contributed by atoms with Gasteiger partial charge in [-0.25, -0.2) is 0 Å². The lowest BCUT2D eigenvalue weighted by Gasteiger charge is -2.17. The number of aliphatic hydroxyl groups is 1. The molecule has 0 aromatic heterocycles. The number of nitrogens with zero attached hydrogens (tertiary/aromatic N) is 1. The van der Waals surface area contributed by atoms with E-state index in [0.717, 1.165) is 0 Å². The number of hydrogen-bond acceptors (Lipinski definition) is 2. The third kappa shape index (κ3) is 1.09. The number of hydrogen-bond donors (Lipinski definition) is 1. The Morgan fingerprint density at radius 1 is 1.50 bits per heavy atom. The van der Waals surface area contributed by atoms with Gasteiger partial charge >= 0.3 is 0 Å². The van der Waals surface area contributed by atoms with Crippen LogP contribution in [-0.4, -0.2) is 22.5 Å². The third-order valence-electron chi connectivity index (χ3n) is 2.29. The van der Waals surface area contributed by atoms with E-state index in [1.165, 1.54) is 4.90 Å². The van der Waals surface area contributed by atoms with Crippen LogP contribution < -0.4 is 0 Å². The molecule has 70 valence electrons. The van der Waals surface area contributed by atoms with E-state index < -0.39 is 6.23 Å². The summed E-state index contributed by atoms with van der Waals surface area (Å²) in [5, 5.41) is 9.75. The van der Waals surface area contributed by atoms with Crippen molar-refractivity contribution in [2.24, 2.45) is 0 Å². The highest BCUT2D eigenvalue weighted by atomic mass is 16.3. The van der Waals surface area contributed by atoms with Crippen LogP contribution in [0.25, 0.3) is 0 Å². The van der Waals surface area contributed by atoms with Gasteiger partial charge in [0.2, 0.25) is 0 Å². The minimum absolute atomic E-state index is 0.134. The van der Waals surface area contributed by atoms with Gasteiger partial charge in [0.1, 0.15) is 0 Å². The Kier molecular flexibility index (Phi) is 1.99. The molecule has 0 saturated carbocycles. The molecule has 3 nitrogen and oxygen atoms in total. The van der Waals surface area contributed by atoms with Gasteiger partial charge in [0.15, 0.2) is 6.23 Å². The molecule has 0 fully saturated rings. The molecule has 0 radical (unpaired) electrons. The van der Waals surface area contributed by atoms with Crippen LogP contribution in [0.4, 0.5) is 0 Å². The highest BCUT2D eigenvalue weighted by molar-refractivity contribution is 5.99. The minimum atomic E-state index is -0.894. The smallest absolute Gasteiger partial charge is 0.257 e. The molecule has 14 heavy (non-hydrogen) atoms. The predicted octanol–water partition coefficient (Wildman–Crippen LogP) is 0.766. The summed E-state index contributed by atoms with van der Waals surface area (Å²) in [5.41, 5.74) is 1.17. The number of aliphatic hydroxyl groups excluding tert-OH is 1. The Morgan fingerprint density at radius 2 is 2.21 bits per heavy atom. The maximum Gasteiger partial charge on any atom is 0.257 e. The summed E-state index contributed by atoms with van der Waals surface area (Å²) in [6, 6.07) is 6.98. The third-order valence-corrected chi connectivity index (χ3v) is 2.29. The van der Waals surface area contributed by atoms with Gasteiger partial charge in [-0.1, -0.05) is 24.1 Å². The van der Waals surface area contributed by atoms with Crippen LogP contribution in [0.15, 0.2) is 24.3 Å². The lowest BCUT2D eigenvalue weighted by molar-refractivity contribution is 0.0241. The van der Waals surface area contributed by atoms with Crippen molar-refractivity contribution in [3.05, 3.63) is 35.4 Å². The largest absolute Gasteiger partial charge is 0.369 e. The molecule has 0 unspecified atom stereocenters. The Balaban J connectivity index is 2.44. The first kappa shape index (κ1) is 8.79. The van der Waals surface area contributed by atoms with E-state index in [1.54, 1.807) is 24.3 Å². The molecule has 1 atom stereocenters. The van der Waals surface area contributed by atoms with Gasteiger partial charge in [-0.05, 0) is 6.07 Å². The number of carbonyl (C=O) groups excluding carboxylic acids is 1. The van der Waals surface area contributed by atoms with Crippen LogP contribution >= 0.6 is 0 Å². The molecule has 1 amide bonds. The van der Waals surface area contributed by atoms with Crippen LogP contribution in [0.2, 0.25) is 0 Å². The summed E-state index contributed by atoms with van der Waals surface area (Å²) >= 11 is 0. The highest BCUT2D eigenvalue weighted by Gasteiger charge is 2.34. The highest BCUT2D eigenvalue weighted by Crippen LogP contribution is 2.30. The fraction of sp³-hybridized carbons (Fsp3) is 0.182. The average molecular weight is 187 g/mol. The van der Waals surface area contributed by atoms with Crippen molar-refractivity contribution in [3.8, 4) is 12.3 Å². The molecular formula is C11H9NO2. The van der Waals surface area contributed by atoms with Crippen molar-refractivity contribution in [1.29, 1.82) is 0 Å². The minimum Gasteiger partial charge on any atom is -0.369 e. The van der Waals surface area contributed by atoms with Crippen LogP contribution in [0, 0.1) is 12.3 Å². The van der Waals surface area contributed by atoms with Crippen LogP contribution in [-0.2, 0) is 0 Å². The summed E-state index contributed by atoms with van der Waals surface area (Å²) in [6.07, 6.45) is 4.22. The van der Waals surface area contributed by atoms with Crippen molar-refractivity contribution >= 4 is 5.91 Å². The molecule has 0 aliphatic carbocycles. The number of terminal acetylenes is 1. The normalized spacial score (nSPS) is 19.3. The fourth-order valence-electron chi connectivity index (χ4n) is 1.61. The van der Waals surface area contributed by atoms with Gasteiger partial charge in [-0.2, -0.15) is 0 Å². The number of rotatable bonds is 1. The molecule has 1 aliphatic heterocycles. The summed E-state index contributed by atoms with van der Waals surface area (Å²) in [4.78, 5) is 12.9. The van der Waals surface area contributed by atoms with Gasteiger partial charge in [0.05, 0.1) is 6.54 Å². The van der Waals surface area contributed by atoms with E-state index in [0.29, 0.717) is 11.1 Å². The molecule has 1 aromatic carbocycles. The fourth-order valence-corrected chi connectivity index (χ4v) is 1.61. The first-order valence-corrected chi connectivity index (χ1v) is 4.27. The predicted molar refractivity (Wildman–Crippen MR) is 51.3 cm³/mol. The monoisotopic (exact) mass is 187 g/mol. The second kappa shape index (κ2) is 3.17. The zero-order valence-corrected chi connectivity index (χ0v) is 7.47. The van der Waals surface area contributed by atoms with E-state index in [4.69, 9.17) is 6.42 Å². The zero-order chi connectivity index (χ0) is 10.1. The summed E-state index contributed by atoms with van der Waals surface area (Å²) in [5.74, 6) is 2.15. The number of carbonyl (C=O) groups is 1. The van der Waals surface area contributed by atoms with Gasteiger partial charge in [0.25, 0.3) is 5.91 Å². The number of benzene rings is 1. The molecule has 3 heteroatoms. The zero-order valence-electron chi connectivity index (χ0n) is 7.47. The second-order valence-corrected chi connectivity index (χ2v) is 3.10. The Labute approximate surface area is 82.0 Å². The van der Waals surface area contributed by atoms with Gasteiger partial charge in [-0.3, -0.25) is 9.69 Å². The average Bonchev–Trinajstić information content (AvgIpc) is 2.45. The number of amides is 1. The second-order valence-electron chi connectivity index (χ2n) is 3.10. The van der Waals surface area contributed by atoms with E-state index in [1.807, 2.05) is 0 Å². The van der Waals surface area contributed by atoms with E-state index >= 15 is 0 Å². The quantitative estimate of drug-likeness (QED) is 0.659. The van der Waals surface area contributed by atoms with Crippen molar-refractivity contribution in [3.63, 3.8) is 0 Å². The summed E-state index contributed by atoms with van der Waals surface area (Å²) < 4.78 is 0. The van der Waals surface area contributed by atoms with E-state index in [9.17, 15) is 9.90 Å². The maximum atomic E-state index is 11.7. The summed E-state index contributed by atoms with van der Waals surface area (Å²) in [6.45, 7) is 0.134. The van der Waals surface area contributed by atoms with Crippen LogP contribution in [0.5, 0.6) is 0 Å². The standard InChI is InChI=1S/C11H9NO2/c1-2-7-12-10(13)8-5-3-4-6-9(8)11(12)14/h1,3-6,10,13H,7H2/t10-/m0/s1. The Hall–Kier alpha value is -1.79. The van der Waals surface area contributed by atoms with Gasteiger partial charge in [0, 0.05) is 11.1 Å². The lowest BCUT2D eigenvalue weighted by atomic mass is 10.1. The molecule has 1 aromatic rings. The van der Waals surface area contributed by atoms with Crippen LogP contribution in [0.1, 0.15) is 22.1 Å². The lowest BCUT2D eigenvalue weighted by Crippen LogP contribution is -2.28. The molecule has 1 N–H and O–H groups in total. The Bertz CT molecular complexity index is 420. The molecule has 0 saturated heterocycles. The number of fused-ring (bicyclic) bond motifs is 1. The summed E-state index contributed by atoms with van der Waals surface area (Å²) in [7, 11) is 0. The van der Waals surface area contributed by atoms with Crippen molar-refractivity contribution in [1.82, 2.24) is 4.90 Å². The molecule has 2 rings (SSSR count). The van der Waals surface area contributed by atoms with Gasteiger partial charge in [-0.15, -0.1) is 6.42 Å². The first-order chi connectivity index (χ1) is 6.75. The topological polar surface area (TPSA) is 40.5 Å². The SMILES string of the molecule is C#CCN1C(=O)c2ccccc2[C@@H]1O. The molecule has 1 aliphatic rings. The van der Waals surface area contributed by atoms with Crippen molar-refractivity contribution in [2.45, 2.75) is 6.23 Å². The first-order valence-electron chi connectivity index (χ1n) is 4.27. The molecule has 0 spiro atoms. The molecular weight excluding hydrogens is 178 g/mol. The van der Waals surface area contributed by atoms with Crippen molar-refractivity contribution < 1.29 is 9.90 Å². The molecule has 1 heterocycles. The maximum absolute atomic E-state index is 11.7. The van der Waals surface area contributed by atoms with Crippen LogP contribution in [0.3, 0.4) is 0 Å². The molecule has 0 bridgehead atoms. The van der Waals surface area contributed by atoms with E-state index in [2.05, 4.69) is 5.92 Å². The van der Waals surface area contributed by atoms with E-state index in [-0.39, 0.29) is 12.5 Å². The van der Waals surface area contributed by atoms with Crippen molar-refractivity contribution in [2.75, 3.05) is 6.54 Å².